The lowest BCUT2D eigenvalue weighted by Crippen LogP contribution is -2.45. The molecule has 0 aliphatic heterocycles. The smallest absolute Gasteiger partial charge is 0.407 e. The van der Waals surface area contributed by atoms with Gasteiger partial charge in [-0.25, -0.2) is 9.18 Å². The number of halogens is 1. The number of carbonyl (C=O) groups excluding carboxylic acids is 2. The van der Waals surface area contributed by atoms with Gasteiger partial charge < -0.3 is 25.1 Å². The maximum absolute atomic E-state index is 13.3. The number of carbonyl (C=O) groups is 2. The number of alkyl carbamates (subject to hydrolysis) is 1. The highest BCUT2D eigenvalue weighted by Gasteiger charge is 2.21. The molecule has 2 amide bonds. The van der Waals surface area contributed by atoms with Crippen LogP contribution in [0.15, 0.2) is 42.5 Å². The number of aromatic nitrogens is 1. The largest absolute Gasteiger partial charge is 0.496 e. The van der Waals surface area contributed by atoms with Crippen LogP contribution in [0.4, 0.5) is 9.18 Å². The second-order valence-corrected chi connectivity index (χ2v) is 9.53. The Labute approximate surface area is 205 Å². The fourth-order valence-corrected chi connectivity index (χ4v) is 3.77. The average Bonchev–Trinajstić information content (AvgIpc) is 3.23. The number of methoxy groups -OCH3 is 1. The predicted molar refractivity (Wildman–Crippen MR) is 135 cm³/mol. The lowest BCUT2D eigenvalue weighted by molar-refractivity contribution is 0.0498. The monoisotopic (exact) mass is 483 g/mol. The van der Waals surface area contributed by atoms with Crippen LogP contribution in [-0.4, -0.2) is 42.3 Å². The summed E-state index contributed by atoms with van der Waals surface area (Å²) in [5, 5.41) is 6.52. The summed E-state index contributed by atoms with van der Waals surface area (Å²) in [6.45, 7) is 7.76. The molecular formula is C27H34FN3O4. The van der Waals surface area contributed by atoms with Gasteiger partial charge in [0.2, 0.25) is 0 Å². The molecule has 2 aromatic carbocycles. The van der Waals surface area contributed by atoms with Gasteiger partial charge in [0.25, 0.3) is 5.91 Å². The molecule has 188 valence electrons. The highest BCUT2D eigenvalue weighted by atomic mass is 19.1. The highest BCUT2D eigenvalue weighted by Crippen LogP contribution is 2.33. The summed E-state index contributed by atoms with van der Waals surface area (Å²) in [4.78, 5) is 28.3. The van der Waals surface area contributed by atoms with Crippen LogP contribution in [0.5, 0.6) is 5.75 Å². The fraction of sp³-hybridized carbons (Fsp3) is 0.407. The lowest BCUT2D eigenvalue weighted by atomic mass is 10.0. The number of hydrogen-bond acceptors (Lipinski definition) is 4. The summed E-state index contributed by atoms with van der Waals surface area (Å²) in [6.07, 6.45) is 2.10. The predicted octanol–water partition coefficient (Wildman–Crippen LogP) is 5.80. The van der Waals surface area contributed by atoms with Gasteiger partial charge in [-0.3, -0.25) is 4.79 Å². The molecule has 35 heavy (non-hydrogen) atoms. The van der Waals surface area contributed by atoms with Gasteiger partial charge in [0.05, 0.1) is 12.6 Å². The van der Waals surface area contributed by atoms with Crippen LogP contribution in [0.1, 0.15) is 57.4 Å². The number of nitrogens with one attached hydrogen (secondary N) is 3. The molecule has 0 saturated carbocycles. The van der Waals surface area contributed by atoms with Crippen molar-refractivity contribution in [1.82, 2.24) is 15.6 Å². The first-order valence-corrected chi connectivity index (χ1v) is 11.8. The Bertz CT molecular complexity index is 1170. The quantitative estimate of drug-likeness (QED) is 0.359. The molecule has 3 rings (SSSR count). The van der Waals surface area contributed by atoms with Crippen LogP contribution in [0.2, 0.25) is 0 Å². The molecule has 1 heterocycles. The van der Waals surface area contributed by atoms with Gasteiger partial charge in [0.15, 0.2) is 0 Å². The topological polar surface area (TPSA) is 92.5 Å². The molecule has 0 aliphatic rings. The van der Waals surface area contributed by atoms with E-state index < -0.39 is 11.7 Å². The van der Waals surface area contributed by atoms with Crippen molar-refractivity contribution in [3.8, 4) is 16.9 Å². The number of unbranched alkanes of at least 4 members (excludes halogenated alkanes) is 1. The van der Waals surface area contributed by atoms with E-state index >= 15 is 0 Å². The Kier molecular flexibility index (Phi) is 8.38. The molecule has 3 aromatic rings. The minimum Gasteiger partial charge on any atom is -0.496 e. The van der Waals surface area contributed by atoms with Crippen LogP contribution < -0.4 is 15.4 Å². The van der Waals surface area contributed by atoms with Crippen molar-refractivity contribution in [1.29, 1.82) is 0 Å². The first-order valence-electron chi connectivity index (χ1n) is 11.8. The SMILES string of the molecule is CCCC[C@H](CNC(=O)c1cc2c(OC)cc(-c3ccc(F)cc3)cc2[nH]1)NC(=O)OC(C)(C)C. The molecule has 0 aliphatic carbocycles. The molecule has 0 spiro atoms. The van der Waals surface area contributed by atoms with Gasteiger partial charge in [-0.2, -0.15) is 0 Å². The molecule has 3 N–H and O–H groups in total. The second kappa shape index (κ2) is 11.3. The number of benzene rings is 2. The first kappa shape index (κ1) is 26.1. The molecule has 1 atom stereocenters. The summed E-state index contributed by atoms with van der Waals surface area (Å²) in [6, 6.07) is 11.4. The molecule has 7 nitrogen and oxygen atoms in total. The number of H-pyrrole nitrogens is 1. The Balaban J connectivity index is 1.75. The number of amides is 2. The maximum Gasteiger partial charge on any atom is 0.407 e. The average molecular weight is 484 g/mol. The van der Waals surface area contributed by atoms with Gasteiger partial charge in [-0.15, -0.1) is 0 Å². The summed E-state index contributed by atoms with van der Waals surface area (Å²) < 4.78 is 24.2. The zero-order chi connectivity index (χ0) is 25.6. The van der Waals surface area contributed by atoms with Crippen molar-refractivity contribution in [3.05, 3.63) is 54.0 Å². The van der Waals surface area contributed by atoms with E-state index in [0.717, 1.165) is 41.3 Å². The van der Waals surface area contributed by atoms with E-state index in [1.165, 1.54) is 12.1 Å². The Morgan fingerprint density at radius 2 is 1.80 bits per heavy atom. The van der Waals surface area contributed by atoms with Crippen molar-refractivity contribution >= 4 is 22.9 Å². The van der Waals surface area contributed by atoms with Crippen molar-refractivity contribution in [2.45, 2.75) is 58.6 Å². The van der Waals surface area contributed by atoms with Crippen LogP contribution in [0.25, 0.3) is 22.0 Å². The molecule has 0 fully saturated rings. The normalized spacial score (nSPS) is 12.3. The number of hydrogen-bond donors (Lipinski definition) is 3. The summed E-state index contributed by atoms with van der Waals surface area (Å²) in [7, 11) is 1.57. The number of aromatic amines is 1. The van der Waals surface area contributed by atoms with Crippen molar-refractivity contribution in [3.63, 3.8) is 0 Å². The first-order chi connectivity index (χ1) is 16.6. The van der Waals surface area contributed by atoms with E-state index in [1.807, 2.05) is 12.1 Å². The molecule has 0 bridgehead atoms. The van der Waals surface area contributed by atoms with Crippen molar-refractivity contribution in [2.24, 2.45) is 0 Å². The van der Waals surface area contributed by atoms with E-state index in [2.05, 4.69) is 22.5 Å². The fourth-order valence-electron chi connectivity index (χ4n) is 3.77. The summed E-state index contributed by atoms with van der Waals surface area (Å²) in [5.41, 5.74) is 2.17. The van der Waals surface area contributed by atoms with Crippen LogP contribution in [-0.2, 0) is 4.74 Å². The van der Waals surface area contributed by atoms with Gasteiger partial charge in [-0.1, -0.05) is 31.9 Å². The Morgan fingerprint density at radius 1 is 1.09 bits per heavy atom. The second-order valence-electron chi connectivity index (χ2n) is 9.53. The van der Waals surface area contributed by atoms with Crippen LogP contribution in [0, 0.1) is 5.82 Å². The van der Waals surface area contributed by atoms with Crippen molar-refractivity contribution in [2.75, 3.05) is 13.7 Å². The third kappa shape index (κ3) is 7.21. The Hall–Kier alpha value is -3.55. The molecule has 0 radical (unpaired) electrons. The van der Waals surface area contributed by atoms with E-state index in [1.54, 1.807) is 46.1 Å². The van der Waals surface area contributed by atoms with Crippen LogP contribution >= 0.6 is 0 Å². The number of rotatable bonds is 9. The molecule has 1 aromatic heterocycles. The summed E-state index contributed by atoms with van der Waals surface area (Å²) in [5.74, 6) is 0.00244. The minimum atomic E-state index is -0.598. The zero-order valence-corrected chi connectivity index (χ0v) is 21.0. The van der Waals surface area contributed by atoms with E-state index in [9.17, 15) is 14.0 Å². The standard InChI is InChI=1S/C27H34FN3O4/c1-6-7-8-20(30-26(33)35-27(2,3)4)16-29-25(32)23-15-21-22(31-23)13-18(14-24(21)34-5)17-9-11-19(28)12-10-17/h9-15,20,31H,6-8,16H2,1-5H3,(H,29,32)(H,30,33)/t20-/m1/s1. The van der Waals surface area contributed by atoms with E-state index in [4.69, 9.17) is 9.47 Å². The lowest BCUT2D eigenvalue weighted by Gasteiger charge is -2.23. The Morgan fingerprint density at radius 3 is 2.43 bits per heavy atom. The molecule has 0 saturated heterocycles. The third-order valence-corrected chi connectivity index (χ3v) is 5.48. The van der Waals surface area contributed by atoms with Crippen molar-refractivity contribution < 1.29 is 23.5 Å². The van der Waals surface area contributed by atoms with Gasteiger partial charge in [0.1, 0.15) is 22.9 Å². The van der Waals surface area contributed by atoms with E-state index in [-0.39, 0.29) is 24.3 Å². The molecular weight excluding hydrogens is 449 g/mol. The van der Waals surface area contributed by atoms with Gasteiger partial charge >= 0.3 is 6.09 Å². The minimum absolute atomic E-state index is 0.252. The third-order valence-electron chi connectivity index (χ3n) is 5.48. The van der Waals surface area contributed by atoms with Gasteiger partial charge in [-0.05, 0) is 68.7 Å². The molecule has 8 heteroatoms. The maximum atomic E-state index is 13.3. The zero-order valence-electron chi connectivity index (χ0n) is 21.0. The van der Waals surface area contributed by atoms with Gasteiger partial charge in [0, 0.05) is 18.0 Å². The number of ether oxygens (including phenoxy) is 2. The van der Waals surface area contributed by atoms with E-state index in [0.29, 0.717) is 11.4 Å². The number of fused-ring (bicyclic) bond motifs is 1. The molecule has 0 unspecified atom stereocenters. The summed E-state index contributed by atoms with van der Waals surface area (Å²) >= 11 is 0. The highest BCUT2D eigenvalue weighted by molar-refractivity contribution is 6.01. The van der Waals surface area contributed by atoms with Crippen LogP contribution in [0.3, 0.4) is 0 Å².